The van der Waals surface area contributed by atoms with Crippen LogP contribution in [0.3, 0.4) is 0 Å². The molecule has 3 N–H and O–H groups in total. The van der Waals surface area contributed by atoms with E-state index in [0.717, 1.165) is 29.7 Å². The summed E-state index contributed by atoms with van der Waals surface area (Å²) in [6.45, 7) is 11.1. The highest BCUT2D eigenvalue weighted by Crippen LogP contribution is 2.38. The summed E-state index contributed by atoms with van der Waals surface area (Å²) >= 11 is 0. The van der Waals surface area contributed by atoms with Crippen LogP contribution in [0.2, 0.25) is 0 Å². The van der Waals surface area contributed by atoms with E-state index in [1.807, 2.05) is 6.92 Å². The lowest BCUT2D eigenvalue weighted by molar-refractivity contribution is -0.0735. The second-order valence-electron chi connectivity index (χ2n) is 5.48. The molecule has 1 rings (SSSR count). The minimum absolute atomic E-state index is 0.0444. The van der Waals surface area contributed by atoms with Gasteiger partial charge in [0.05, 0.1) is 18.8 Å². The largest absolute Gasteiger partial charge is 0.496 e. The quantitative estimate of drug-likeness (QED) is 0.570. The second-order valence-corrected chi connectivity index (χ2v) is 5.48. The molecule has 0 radical (unpaired) electrons. The highest BCUT2D eigenvalue weighted by atomic mass is 16.5. The van der Waals surface area contributed by atoms with E-state index in [1.54, 1.807) is 7.11 Å². The summed E-state index contributed by atoms with van der Waals surface area (Å²) in [5.41, 5.74) is 6.13. The molecule has 0 heterocycles. The minimum Gasteiger partial charge on any atom is -0.496 e. The molecule has 0 saturated carbocycles. The Labute approximate surface area is 129 Å². The molecule has 0 amide bonds. The fraction of sp³-hybridized carbons (Fsp3) is 0.647. The molecule has 0 aliphatic heterocycles. The van der Waals surface area contributed by atoms with Crippen LogP contribution in [0.4, 0.5) is 0 Å². The van der Waals surface area contributed by atoms with Crippen LogP contribution in [0.1, 0.15) is 56.3 Å². The molecule has 21 heavy (non-hydrogen) atoms. The Bertz CT molecular complexity index is 456. The van der Waals surface area contributed by atoms with Gasteiger partial charge in [0.25, 0.3) is 0 Å². The maximum atomic E-state index is 6.11. The summed E-state index contributed by atoms with van der Waals surface area (Å²) in [4.78, 5) is 0. The van der Waals surface area contributed by atoms with Crippen LogP contribution in [0.15, 0.2) is 12.1 Å². The van der Waals surface area contributed by atoms with Crippen LogP contribution in [-0.2, 0) is 4.74 Å². The molecule has 0 aliphatic rings. The van der Waals surface area contributed by atoms with E-state index in [2.05, 4.69) is 45.3 Å². The summed E-state index contributed by atoms with van der Waals surface area (Å²) in [5.74, 6) is 6.81. The summed E-state index contributed by atoms with van der Waals surface area (Å²) in [5, 5.41) is 0. The first-order valence-corrected chi connectivity index (χ1v) is 7.74. The summed E-state index contributed by atoms with van der Waals surface area (Å²) < 4.78 is 11.5. The lowest BCUT2D eigenvalue weighted by Crippen LogP contribution is -2.48. The van der Waals surface area contributed by atoms with Crippen molar-refractivity contribution in [3.63, 3.8) is 0 Å². The molecular formula is C17H30N2O2. The van der Waals surface area contributed by atoms with Gasteiger partial charge < -0.3 is 9.47 Å². The third kappa shape index (κ3) is 3.57. The first kappa shape index (κ1) is 18.0. The maximum Gasteiger partial charge on any atom is 0.122 e. The number of methoxy groups -OCH3 is 1. The van der Waals surface area contributed by atoms with Crippen molar-refractivity contribution < 1.29 is 9.47 Å². The van der Waals surface area contributed by atoms with Gasteiger partial charge >= 0.3 is 0 Å². The third-order valence-corrected chi connectivity index (χ3v) is 4.42. The predicted octanol–water partition coefficient (Wildman–Crippen LogP) is 3.41. The molecule has 0 aromatic heterocycles. The highest BCUT2D eigenvalue weighted by Gasteiger charge is 2.38. The molecule has 0 bridgehead atoms. The fourth-order valence-electron chi connectivity index (χ4n) is 3.10. The van der Waals surface area contributed by atoms with Gasteiger partial charge in [-0.05, 0) is 56.4 Å². The molecule has 0 aliphatic carbocycles. The Morgan fingerprint density at radius 2 is 1.76 bits per heavy atom. The van der Waals surface area contributed by atoms with E-state index in [1.165, 1.54) is 5.56 Å². The molecule has 4 nitrogen and oxygen atoms in total. The van der Waals surface area contributed by atoms with Gasteiger partial charge in [-0.15, -0.1) is 0 Å². The second kappa shape index (κ2) is 7.78. The first-order chi connectivity index (χ1) is 9.99. The molecule has 120 valence electrons. The average molecular weight is 294 g/mol. The van der Waals surface area contributed by atoms with E-state index in [0.29, 0.717) is 6.61 Å². The van der Waals surface area contributed by atoms with E-state index >= 15 is 0 Å². The highest BCUT2D eigenvalue weighted by molar-refractivity contribution is 5.43. The Kier molecular flexibility index (Phi) is 6.65. The normalized spacial score (nSPS) is 13.3. The van der Waals surface area contributed by atoms with Crippen molar-refractivity contribution in [3.05, 3.63) is 28.8 Å². The van der Waals surface area contributed by atoms with Gasteiger partial charge in [-0.1, -0.05) is 19.9 Å². The monoisotopic (exact) mass is 294 g/mol. The van der Waals surface area contributed by atoms with Crippen molar-refractivity contribution >= 4 is 0 Å². The molecule has 0 spiro atoms. The summed E-state index contributed by atoms with van der Waals surface area (Å²) in [6.07, 6.45) is 1.80. The van der Waals surface area contributed by atoms with E-state index < -0.39 is 0 Å². The van der Waals surface area contributed by atoms with Crippen LogP contribution in [0, 0.1) is 13.8 Å². The molecule has 1 aromatic carbocycles. The Hall–Kier alpha value is -1.10. The third-order valence-electron chi connectivity index (χ3n) is 4.42. The summed E-state index contributed by atoms with van der Waals surface area (Å²) in [7, 11) is 1.70. The Balaban J connectivity index is 3.35. The number of hydrogen-bond acceptors (Lipinski definition) is 4. The SMILES string of the molecule is CCOC(CC)(CC)C(NN)c1cc(C)c(OC)cc1C. The van der Waals surface area contributed by atoms with Gasteiger partial charge in [-0.25, -0.2) is 0 Å². The molecule has 4 heteroatoms. The van der Waals surface area contributed by atoms with Gasteiger partial charge in [0.2, 0.25) is 0 Å². The van der Waals surface area contributed by atoms with Gasteiger partial charge in [0.1, 0.15) is 5.75 Å². The fourth-order valence-corrected chi connectivity index (χ4v) is 3.10. The van der Waals surface area contributed by atoms with E-state index in [9.17, 15) is 0 Å². The van der Waals surface area contributed by atoms with Crippen LogP contribution < -0.4 is 16.0 Å². The number of rotatable bonds is 8. The van der Waals surface area contributed by atoms with Crippen molar-refractivity contribution in [1.82, 2.24) is 5.43 Å². The number of hydrogen-bond donors (Lipinski definition) is 2. The number of nitrogens with two attached hydrogens (primary N) is 1. The zero-order valence-electron chi connectivity index (χ0n) is 14.2. The van der Waals surface area contributed by atoms with Crippen LogP contribution in [0.5, 0.6) is 5.75 Å². The number of ether oxygens (including phenoxy) is 2. The van der Waals surface area contributed by atoms with E-state index in [-0.39, 0.29) is 11.6 Å². The maximum absolute atomic E-state index is 6.11. The van der Waals surface area contributed by atoms with Crippen molar-refractivity contribution in [2.45, 2.75) is 59.1 Å². The standard InChI is InChI=1S/C17H30N2O2/c1-7-17(8-2,21-9-3)16(19-18)14-10-13(5)15(20-6)11-12(14)4/h10-11,16,19H,7-9,18H2,1-6H3. The Morgan fingerprint density at radius 1 is 1.14 bits per heavy atom. The summed E-state index contributed by atoms with van der Waals surface area (Å²) in [6, 6.07) is 4.17. The smallest absolute Gasteiger partial charge is 0.122 e. The molecule has 1 unspecified atom stereocenters. The molecule has 1 atom stereocenters. The van der Waals surface area contributed by atoms with Gasteiger partial charge in [-0.3, -0.25) is 11.3 Å². The Morgan fingerprint density at radius 3 is 2.19 bits per heavy atom. The van der Waals surface area contributed by atoms with Crippen molar-refractivity contribution in [2.75, 3.05) is 13.7 Å². The van der Waals surface area contributed by atoms with Gasteiger partial charge in [0.15, 0.2) is 0 Å². The molecule has 1 aromatic rings. The zero-order valence-corrected chi connectivity index (χ0v) is 14.2. The zero-order chi connectivity index (χ0) is 16.0. The minimum atomic E-state index is -0.296. The van der Waals surface area contributed by atoms with Crippen LogP contribution >= 0.6 is 0 Å². The number of benzene rings is 1. The lowest BCUT2D eigenvalue weighted by Gasteiger charge is -2.40. The molecular weight excluding hydrogens is 264 g/mol. The molecule has 0 saturated heterocycles. The van der Waals surface area contributed by atoms with Gasteiger partial charge in [0, 0.05) is 6.61 Å². The van der Waals surface area contributed by atoms with Crippen LogP contribution in [0.25, 0.3) is 0 Å². The van der Waals surface area contributed by atoms with Crippen molar-refractivity contribution in [3.8, 4) is 5.75 Å². The average Bonchev–Trinajstić information content (AvgIpc) is 2.49. The predicted molar refractivity (Wildman–Crippen MR) is 87.5 cm³/mol. The first-order valence-electron chi connectivity index (χ1n) is 7.74. The number of nitrogens with one attached hydrogen (secondary N) is 1. The molecule has 0 fully saturated rings. The lowest BCUT2D eigenvalue weighted by atomic mass is 9.82. The number of aryl methyl sites for hydroxylation is 2. The van der Waals surface area contributed by atoms with E-state index in [4.69, 9.17) is 15.3 Å². The number of hydrazine groups is 1. The van der Waals surface area contributed by atoms with Crippen LogP contribution in [-0.4, -0.2) is 19.3 Å². The van der Waals surface area contributed by atoms with Crippen molar-refractivity contribution in [2.24, 2.45) is 5.84 Å². The van der Waals surface area contributed by atoms with Crippen molar-refractivity contribution in [1.29, 1.82) is 0 Å². The van der Waals surface area contributed by atoms with Gasteiger partial charge in [-0.2, -0.15) is 0 Å². The topological polar surface area (TPSA) is 56.5 Å².